The number of rotatable bonds is 2. The van der Waals surface area contributed by atoms with Crippen LogP contribution in [0.4, 0.5) is 11.8 Å². The maximum atomic E-state index is 4.35. The lowest BCUT2D eigenvalue weighted by Crippen LogP contribution is -1.99. The molecule has 15 heavy (non-hydrogen) atoms. The smallest absolute Gasteiger partial charge is 0.224 e. The second kappa shape index (κ2) is 3.98. The molecule has 0 aromatic carbocycles. The average Bonchev–Trinajstić information content (AvgIpc) is 2.27. The van der Waals surface area contributed by atoms with Gasteiger partial charge in [-0.1, -0.05) is 0 Å². The van der Waals surface area contributed by atoms with Crippen molar-refractivity contribution in [3.05, 3.63) is 16.7 Å². The van der Waals surface area contributed by atoms with Gasteiger partial charge in [-0.25, -0.2) is 9.97 Å². The van der Waals surface area contributed by atoms with E-state index in [2.05, 4.69) is 41.5 Å². The predicted octanol–water partition coefficient (Wildman–Crippen LogP) is 1.87. The number of halogens is 1. The molecule has 0 aliphatic heterocycles. The summed E-state index contributed by atoms with van der Waals surface area (Å²) < 4.78 is 0.901. The summed E-state index contributed by atoms with van der Waals surface area (Å²) in [7, 11) is 3.60. The van der Waals surface area contributed by atoms with E-state index in [4.69, 9.17) is 0 Å². The first kappa shape index (κ1) is 10.1. The lowest BCUT2D eigenvalue weighted by Gasteiger charge is -2.05. The van der Waals surface area contributed by atoms with E-state index in [1.807, 2.05) is 13.1 Å². The van der Waals surface area contributed by atoms with Crippen LogP contribution >= 0.6 is 15.9 Å². The second-order valence-electron chi connectivity index (χ2n) is 2.93. The van der Waals surface area contributed by atoms with Gasteiger partial charge in [0.1, 0.15) is 5.82 Å². The third kappa shape index (κ3) is 1.85. The van der Waals surface area contributed by atoms with Crippen molar-refractivity contribution in [2.45, 2.75) is 0 Å². The van der Waals surface area contributed by atoms with Crippen molar-refractivity contribution >= 4 is 38.7 Å². The van der Waals surface area contributed by atoms with Crippen molar-refractivity contribution in [2.75, 3.05) is 24.7 Å². The molecule has 0 fully saturated rings. The van der Waals surface area contributed by atoms with Gasteiger partial charge in [0.15, 0.2) is 5.65 Å². The number of hydrogen-bond donors (Lipinski definition) is 2. The second-order valence-corrected chi connectivity index (χ2v) is 3.78. The molecule has 0 unspecified atom stereocenters. The lowest BCUT2D eigenvalue weighted by molar-refractivity contribution is 1.16. The van der Waals surface area contributed by atoms with Crippen LogP contribution in [0.2, 0.25) is 0 Å². The zero-order valence-corrected chi connectivity index (χ0v) is 9.96. The molecule has 2 aromatic heterocycles. The molecule has 5 nitrogen and oxygen atoms in total. The highest BCUT2D eigenvalue weighted by Crippen LogP contribution is 2.23. The molecule has 0 saturated carbocycles. The summed E-state index contributed by atoms with van der Waals surface area (Å²) in [6, 6.07) is 1.94. The standard InChI is InChI=1S/C9H10BrN5/c1-11-8-6(10)3-5-4-13-9(12-2)15-7(5)14-8/h3-4H,1-2H3,(H2,11,12,13,14,15). The Labute approximate surface area is 95.5 Å². The molecule has 0 amide bonds. The van der Waals surface area contributed by atoms with E-state index in [1.165, 1.54) is 0 Å². The van der Waals surface area contributed by atoms with E-state index in [-0.39, 0.29) is 0 Å². The summed E-state index contributed by atoms with van der Waals surface area (Å²) in [5, 5.41) is 6.77. The van der Waals surface area contributed by atoms with Gasteiger partial charge < -0.3 is 10.6 Å². The number of nitrogens with zero attached hydrogens (tertiary/aromatic N) is 3. The summed E-state index contributed by atoms with van der Waals surface area (Å²) in [5.41, 5.74) is 0.668. The van der Waals surface area contributed by atoms with Gasteiger partial charge in [0.2, 0.25) is 5.95 Å². The van der Waals surface area contributed by atoms with Gasteiger partial charge >= 0.3 is 0 Å². The average molecular weight is 268 g/mol. The molecule has 2 N–H and O–H groups in total. The number of anilines is 2. The van der Waals surface area contributed by atoms with Crippen molar-refractivity contribution in [2.24, 2.45) is 0 Å². The van der Waals surface area contributed by atoms with E-state index in [0.29, 0.717) is 11.6 Å². The molecule has 0 aliphatic carbocycles. The minimum absolute atomic E-state index is 0.569. The Balaban J connectivity index is 2.66. The van der Waals surface area contributed by atoms with Crippen molar-refractivity contribution in [3.8, 4) is 0 Å². The van der Waals surface area contributed by atoms with Gasteiger partial charge in [-0.15, -0.1) is 0 Å². The molecule has 78 valence electrons. The van der Waals surface area contributed by atoms with Gasteiger partial charge in [0, 0.05) is 25.7 Å². The highest BCUT2D eigenvalue weighted by atomic mass is 79.9. The fourth-order valence-electron chi connectivity index (χ4n) is 1.23. The quantitative estimate of drug-likeness (QED) is 0.870. The molecule has 2 heterocycles. The van der Waals surface area contributed by atoms with Gasteiger partial charge in [0.25, 0.3) is 0 Å². The maximum Gasteiger partial charge on any atom is 0.224 e. The molecule has 2 rings (SSSR count). The third-order valence-corrected chi connectivity index (χ3v) is 2.59. The molecule has 0 spiro atoms. The largest absolute Gasteiger partial charge is 0.372 e. The fraction of sp³-hybridized carbons (Fsp3) is 0.222. The summed E-state index contributed by atoms with van der Waals surface area (Å²) >= 11 is 3.42. The van der Waals surface area contributed by atoms with E-state index < -0.39 is 0 Å². The highest BCUT2D eigenvalue weighted by molar-refractivity contribution is 9.10. The molecule has 0 bridgehead atoms. The minimum atomic E-state index is 0.569. The summed E-state index contributed by atoms with van der Waals surface area (Å²) in [6.45, 7) is 0. The lowest BCUT2D eigenvalue weighted by atomic mass is 10.3. The molecule has 0 aliphatic rings. The molecule has 2 aromatic rings. The number of fused-ring (bicyclic) bond motifs is 1. The first-order chi connectivity index (χ1) is 7.24. The van der Waals surface area contributed by atoms with Crippen LogP contribution in [0, 0.1) is 0 Å². The normalized spacial score (nSPS) is 10.3. The van der Waals surface area contributed by atoms with Gasteiger partial charge in [-0.2, -0.15) is 4.98 Å². The molecular formula is C9H10BrN5. The van der Waals surface area contributed by atoms with Crippen LogP contribution in [0.1, 0.15) is 0 Å². The van der Waals surface area contributed by atoms with E-state index >= 15 is 0 Å². The zero-order valence-electron chi connectivity index (χ0n) is 8.37. The van der Waals surface area contributed by atoms with Gasteiger partial charge in [0.05, 0.1) is 4.47 Å². The van der Waals surface area contributed by atoms with Crippen molar-refractivity contribution in [3.63, 3.8) is 0 Å². The molecule has 0 saturated heterocycles. The van der Waals surface area contributed by atoms with Gasteiger partial charge in [-0.3, -0.25) is 0 Å². The predicted molar refractivity (Wildman–Crippen MR) is 64.1 cm³/mol. The van der Waals surface area contributed by atoms with Crippen LogP contribution < -0.4 is 10.6 Å². The summed E-state index contributed by atoms with van der Waals surface area (Å²) in [4.78, 5) is 12.7. The van der Waals surface area contributed by atoms with Crippen LogP contribution in [0.5, 0.6) is 0 Å². The van der Waals surface area contributed by atoms with Gasteiger partial charge in [-0.05, 0) is 22.0 Å². The minimum Gasteiger partial charge on any atom is -0.372 e. The first-order valence-electron chi connectivity index (χ1n) is 4.43. The topological polar surface area (TPSA) is 62.7 Å². The number of nitrogens with one attached hydrogen (secondary N) is 2. The van der Waals surface area contributed by atoms with Crippen molar-refractivity contribution < 1.29 is 0 Å². The van der Waals surface area contributed by atoms with Crippen LogP contribution in [0.3, 0.4) is 0 Å². The van der Waals surface area contributed by atoms with E-state index in [9.17, 15) is 0 Å². The maximum absolute atomic E-state index is 4.35. The monoisotopic (exact) mass is 267 g/mol. The van der Waals surface area contributed by atoms with E-state index in [0.717, 1.165) is 15.7 Å². The van der Waals surface area contributed by atoms with Crippen LogP contribution in [-0.2, 0) is 0 Å². The Morgan fingerprint density at radius 1 is 1.20 bits per heavy atom. The Bertz CT molecular complexity index is 499. The Kier molecular flexibility index (Phi) is 2.68. The summed E-state index contributed by atoms with van der Waals surface area (Å²) in [5.74, 6) is 1.34. The van der Waals surface area contributed by atoms with Crippen LogP contribution in [0.25, 0.3) is 11.0 Å². The molecule has 6 heteroatoms. The number of pyridine rings is 1. The summed E-state index contributed by atoms with van der Waals surface area (Å²) in [6.07, 6.45) is 1.74. The molecule has 0 atom stereocenters. The zero-order chi connectivity index (χ0) is 10.8. The Morgan fingerprint density at radius 2 is 2.00 bits per heavy atom. The molecule has 0 radical (unpaired) electrons. The van der Waals surface area contributed by atoms with Crippen LogP contribution in [0.15, 0.2) is 16.7 Å². The third-order valence-electron chi connectivity index (χ3n) is 1.98. The highest BCUT2D eigenvalue weighted by Gasteiger charge is 2.05. The molecular weight excluding hydrogens is 258 g/mol. The fourth-order valence-corrected chi connectivity index (χ4v) is 1.77. The SMILES string of the molecule is CNc1ncc2cc(Br)c(NC)nc2n1. The Hall–Kier alpha value is -1.43. The first-order valence-corrected chi connectivity index (χ1v) is 5.22. The number of hydrogen-bond acceptors (Lipinski definition) is 5. The van der Waals surface area contributed by atoms with Crippen molar-refractivity contribution in [1.82, 2.24) is 15.0 Å². The van der Waals surface area contributed by atoms with Crippen LogP contribution in [-0.4, -0.2) is 29.0 Å². The van der Waals surface area contributed by atoms with E-state index in [1.54, 1.807) is 13.2 Å². The Morgan fingerprint density at radius 3 is 2.67 bits per heavy atom. The van der Waals surface area contributed by atoms with Crippen molar-refractivity contribution in [1.29, 1.82) is 0 Å². The number of aromatic nitrogens is 3.